The number of hydrogen-bond donors (Lipinski definition) is 1. The van der Waals surface area contributed by atoms with Gasteiger partial charge in [0.1, 0.15) is 0 Å². The molecule has 0 aliphatic carbocycles. The van der Waals surface area contributed by atoms with Gasteiger partial charge in [-0.2, -0.15) is 4.98 Å². The molecule has 1 aromatic rings. The molecule has 0 bridgehead atoms. The van der Waals surface area contributed by atoms with Crippen LogP contribution in [0, 0.1) is 5.92 Å². The van der Waals surface area contributed by atoms with Crippen molar-refractivity contribution in [2.24, 2.45) is 5.92 Å². The van der Waals surface area contributed by atoms with Crippen LogP contribution in [0.25, 0.3) is 0 Å². The topological polar surface area (TPSA) is 88.3 Å². The van der Waals surface area contributed by atoms with E-state index in [1.54, 1.807) is 4.90 Å². The van der Waals surface area contributed by atoms with Crippen molar-refractivity contribution in [2.75, 3.05) is 19.6 Å². The molecule has 1 atom stereocenters. The van der Waals surface area contributed by atoms with E-state index in [1.165, 1.54) is 0 Å². The molecule has 1 aromatic heterocycles. The van der Waals surface area contributed by atoms with Crippen LogP contribution in [0.3, 0.4) is 0 Å². The Morgan fingerprint density at radius 2 is 2.27 bits per heavy atom. The molecule has 0 spiro atoms. The van der Waals surface area contributed by atoms with Crippen LogP contribution in [-0.4, -0.2) is 46.5 Å². The van der Waals surface area contributed by atoms with Gasteiger partial charge in [0.05, 0.1) is 5.92 Å². The Morgan fingerprint density at radius 3 is 2.91 bits per heavy atom. The maximum atomic E-state index is 12.2. The lowest BCUT2D eigenvalue weighted by Gasteiger charge is -2.30. The van der Waals surface area contributed by atoms with Crippen molar-refractivity contribution >= 4 is 11.8 Å². The third kappa shape index (κ3) is 4.05. The first-order valence-corrected chi connectivity index (χ1v) is 7.89. The first-order chi connectivity index (χ1) is 10.5. The summed E-state index contributed by atoms with van der Waals surface area (Å²) in [5.41, 5.74) is 0. The van der Waals surface area contributed by atoms with Crippen molar-refractivity contribution < 1.29 is 14.1 Å². The lowest BCUT2D eigenvalue weighted by molar-refractivity contribution is -0.138. The number of likely N-dealkylation sites (tertiary alicyclic amines) is 1. The van der Waals surface area contributed by atoms with Gasteiger partial charge in [0.15, 0.2) is 5.82 Å². The van der Waals surface area contributed by atoms with Gasteiger partial charge in [-0.25, -0.2) is 0 Å². The highest BCUT2D eigenvalue weighted by molar-refractivity contribution is 5.83. The Bertz CT molecular complexity index is 527. The SMILES string of the molecule is CCN1CC(C(=O)NCCc2nc(C(C)C)no2)CCC1=O. The highest BCUT2D eigenvalue weighted by Gasteiger charge is 2.29. The standard InChI is InChI=1S/C15H24N4O3/c1-4-19-9-11(5-6-13(19)20)15(21)16-8-7-12-17-14(10(2)3)18-22-12/h10-11H,4-9H2,1-3H3,(H,16,21). The van der Waals surface area contributed by atoms with Gasteiger partial charge in [0.2, 0.25) is 17.7 Å². The van der Waals surface area contributed by atoms with Crippen LogP contribution >= 0.6 is 0 Å². The van der Waals surface area contributed by atoms with E-state index in [-0.39, 0.29) is 23.7 Å². The Labute approximate surface area is 130 Å². The number of nitrogens with one attached hydrogen (secondary N) is 1. The Hall–Kier alpha value is -1.92. The second-order valence-corrected chi connectivity index (χ2v) is 5.91. The van der Waals surface area contributed by atoms with Crippen LogP contribution in [0.1, 0.15) is 51.2 Å². The molecule has 0 aromatic carbocycles. The largest absolute Gasteiger partial charge is 0.355 e. The molecular formula is C15H24N4O3. The molecule has 1 aliphatic rings. The fraction of sp³-hybridized carbons (Fsp3) is 0.733. The van der Waals surface area contributed by atoms with Crippen molar-refractivity contribution in [3.63, 3.8) is 0 Å². The predicted octanol–water partition coefficient (Wildman–Crippen LogP) is 1.11. The second-order valence-electron chi connectivity index (χ2n) is 5.91. The predicted molar refractivity (Wildman–Crippen MR) is 80.1 cm³/mol. The lowest BCUT2D eigenvalue weighted by Crippen LogP contribution is -2.45. The van der Waals surface area contributed by atoms with Gasteiger partial charge in [-0.3, -0.25) is 9.59 Å². The molecule has 0 radical (unpaired) electrons. The van der Waals surface area contributed by atoms with Crippen LogP contribution < -0.4 is 5.32 Å². The first-order valence-electron chi connectivity index (χ1n) is 7.89. The summed E-state index contributed by atoms with van der Waals surface area (Å²) in [6.07, 6.45) is 1.60. The summed E-state index contributed by atoms with van der Waals surface area (Å²) >= 11 is 0. The summed E-state index contributed by atoms with van der Waals surface area (Å²) in [6, 6.07) is 0. The second kappa shape index (κ2) is 7.38. The smallest absolute Gasteiger partial charge is 0.228 e. The normalized spacial score (nSPS) is 18.8. The minimum Gasteiger partial charge on any atom is -0.355 e. The van der Waals surface area contributed by atoms with E-state index in [1.807, 2.05) is 20.8 Å². The summed E-state index contributed by atoms with van der Waals surface area (Å²) in [6.45, 7) is 7.57. The number of hydrogen-bond acceptors (Lipinski definition) is 5. The van der Waals surface area contributed by atoms with Crippen LogP contribution in [-0.2, 0) is 16.0 Å². The molecule has 2 rings (SSSR count). The van der Waals surface area contributed by atoms with Crippen LogP contribution in [0.2, 0.25) is 0 Å². The number of aromatic nitrogens is 2. The number of carbonyl (C=O) groups is 2. The maximum absolute atomic E-state index is 12.2. The minimum absolute atomic E-state index is 0.00505. The van der Waals surface area contributed by atoms with Gasteiger partial charge in [-0.05, 0) is 13.3 Å². The molecule has 1 saturated heterocycles. The molecule has 122 valence electrons. The van der Waals surface area contributed by atoms with E-state index < -0.39 is 0 Å². The van der Waals surface area contributed by atoms with E-state index >= 15 is 0 Å². The van der Waals surface area contributed by atoms with Crippen molar-refractivity contribution in [2.45, 2.75) is 46.0 Å². The van der Waals surface area contributed by atoms with Crippen molar-refractivity contribution in [1.82, 2.24) is 20.4 Å². The number of rotatable bonds is 6. The zero-order valence-corrected chi connectivity index (χ0v) is 13.5. The molecule has 22 heavy (non-hydrogen) atoms. The van der Waals surface area contributed by atoms with E-state index in [9.17, 15) is 9.59 Å². The Morgan fingerprint density at radius 1 is 1.50 bits per heavy atom. The molecular weight excluding hydrogens is 284 g/mol. The summed E-state index contributed by atoms with van der Waals surface area (Å²) in [5.74, 6) is 1.47. The molecule has 2 amide bonds. The average molecular weight is 308 g/mol. The van der Waals surface area contributed by atoms with Crippen molar-refractivity contribution in [3.05, 3.63) is 11.7 Å². The van der Waals surface area contributed by atoms with Gasteiger partial charge < -0.3 is 14.7 Å². The summed E-state index contributed by atoms with van der Waals surface area (Å²) < 4.78 is 5.14. The molecule has 7 heteroatoms. The highest BCUT2D eigenvalue weighted by Crippen LogP contribution is 2.17. The monoisotopic (exact) mass is 308 g/mol. The van der Waals surface area contributed by atoms with Crippen LogP contribution in [0.4, 0.5) is 0 Å². The van der Waals surface area contributed by atoms with Crippen molar-refractivity contribution in [1.29, 1.82) is 0 Å². The van der Waals surface area contributed by atoms with Gasteiger partial charge in [-0.1, -0.05) is 19.0 Å². The summed E-state index contributed by atoms with van der Waals surface area (Å²) in [4.78, 5) is 29.8. The van der Waals surface area contributed by atoms with Crippen molar-refractivity contribution in [3.8, 4) is 0 Å². The molecule has 1 aliphatic heterocycles. The lowest BCUT2D eigenvalue weighted by atomic mass is 9.96. The molecule has 1 unspecified atom stereocenters. The molecule has 0 saturated carbocycles. The fourth-order valence-electron chi connectivity index (χ4n) is 2.48. The van der Waals surface area contributed by atoms with Crippen LogP contribution in [0.5, 0.6) is 0 Å². The number of piperidine rings is 1. The van der Waals surface area contributed by atoms with Gasteiger partial charge in [0.25, 0.3) is 0 Å². The van der Waals surface area contributed by atoms with Gasteiger partial charge in [0, 0.05) is 38.4 Å². The van der Waals surface area contributed by atoms with E-state index in [0.29, 0.717) is 50.6 Å². The highest BCUT2D eigenvalue weighted by atomic mass is 16.5. The first kappa shape index (κ1) is 16.5. The van der Waals surface area contributed by atoms with Crippen LogP contribution in [0.15, 0.2) is 4.52 Å². The summed E-state index contributed by atoms with van der Waals surface area (Å²) in [5, 5.41) is 6.78. The minimum atomic E-state index is -0.119. The summed E-state index contributed by atoms with van der Waals surface area (Å²) in [7, 11) is 0. The van der Waals surface area contributed by atoms with E-state index in [4.69, 9.17) is 4.52 Å². The Kier molecular flexibility index (Phi) is 5.51. The van der Waals surface area contributed by atoms with E-state index in [0.717, 1.165) is 0 Å². The fourth-order valence-corrected chi connectivity index (χ4v) is 2.48. The maximum Gasteiger partial charge on any atom is 0.228 e. The Balaban J connectivity index is 1.76. The zero-order valence-electron chi connectivity index (χ0n) is 13.5. The van der Waals surface area contributed by atoms with Gasteiger partial charge >= 0.3 is 0 Å². The van der Waals surface area contributed by atoms with E-state index in [2.05, 4.69) is 15.5 Å². The van der Waals surface area contributed by atoms with Gasteiger partial charge in [-0.15, -0.1) is 0 Å². The quantitative estimate of drug-likeness (QED) is 0.850. The molecule has 2 heterocycles. The number of nitrogens with zero attached hydrogens (tertiary/aromatic N) is 3. The third-order valence-corrected chi connectivity index (χ3v) is 3.89. The third-order valence-electron chi connectivity index (χ3n) is 3.89. The molecule has 7 nitrogen and oxygen atoms in total. The zero-order chi connectivity index (χ0) is 16.1. The number of amides is 2. The average Bonchev–Trinajstić information content (AvgIpc) is 2.96. The number of carbonyl (C=O) groups excluding carboxylic acids is 2. The molecule has 1 N–H and O–H groups in total. The molecule has 1 fully saturated rings.